The standard InChI is InChI=1S/C16H24N4/c1-15(2,3)20-13-6-9-17-10-12(13)19-14(20)16(4)7-5-8-18-11-16/h6,9-10,18H,5,7-8,11H2,1-4H3. The van der Waals surface area contributed by atoms with Gasteiger partial charge in [-0.2, -0.15) is 0 Å². The number of rotatable bonds is 1. The van der Waals surface area contributed by atoms with Crippen LogP contribution in [0.15, 0.2) is 18.5 Å². The first kappa shape index (κ1) is 13.6. The van der Waals surface area contributed by atoms with Crippen LogP contribution in [0.5, 0.6) is 0 Å². The molecule has 1 unspecified atom stereocenters. The van der Waals surface area contributed by atoms with Crippen molar-refractivity contribution in [3.63, 3.8) is 0 Å². The van der Waals surface area contributed by atoms with Gasteiger partial charge in [-0.3, -0.25) is 4.98 Å². The van der Waals surface area contributed by atoms with Gasteiger partial charge in [0.15, 0.2) is 0 Å². The molecule has 1 aliphatic heterocycles. The first-order valence-corrected chi connectivity index (χ1v) is 7.46. The number of nitrogens with zero attached hydrogens (tertiary/aromatic N) is 3. The molecule has 3 rings (SSSR count). The monoisotopic (exact) mass is 272 g/mol. The second-order valence-corrected chi connectivity index (χ2v) is 7.15. The van der Waals surface area contributed by atoms with Crippen LogP contribution in [0.1, 0.15) is 46.4 Å². The molecular weight excluding hydrogens is 248 g/mol. The minimum absolute atomic E-state index is 0.0197. The summed E-state index contributed by atoms with van der Waals surface area (Å²) in [5.41, 5.74) is 2.31. The van der Waals surface area contributed by atoms with Crippen LogP contribution >= 0.6 is 0 Å². The molecule has 1 atom stereocenters. The lowest BCUT2D eigenvalue weighted by Crippen LogP contribution is -2.44. The summed E-state index contributed by atoms with van der Waals surface area (Å²) in [6.07, 6.45) is 6.13. The van der Waals surface area contributed by atoms with E-state index in [0.29, 0.717) is 0 Å². The van der Waals surface area contributed by atoms with Gasteiger partial charge in [-0.1, -0.05) is 6.92 Å². The summed E-state index contributed by atoms with van der Waals surface area (Å²) < 4.78 is 2.40. The molecule has 0 aliphatic carbocycles. The zero-order valence-corrected chi connectivity index (χ0v) is 12.9. The van der Waals surface area contributed by atoms with Crippen molar-refractivity contribution in [1.82, 2.24) is 19.9 Å². The van der Waals surface area contributed by atoms with Crippen molar-refractivity contribution in [3.05, 3.63) is 24.3 Å². The van der Waals surface area contributed by atoms with Gasteiger partial charge in [0.25, 0.3) is 0 Å². The highest BCUT2D eigenvalue weighted by atomic mass is 15.2. The van der Waals surface area contributed by atoms with Crippen LogP contribution in [0, 0.1) is 0 Å². The van der Waals surface area contributed by atoms with Gasteiger partial charge in [-0.25, -0.2) is 4.98 Å². The maximum absolute atomic E-state index is 4.94. The molecule has 0 bridgehead atoms. The zero-order chi connectivity index (χ0) is 14.4. The van der Waals surface area contributed by atoms with E-state index < -0.39 is 0 Å². The number of pyridine rings is 1. The van der Waals surface area contributed by atoms with E-state index in [-0.39, 0.29) is 11.0 Å². The van der Waals surface area contributed by atoms with Gasteiger partial charge in [0, 0.05) is 23.7 Å². The van der Waals surface area contributed by atoms with E-state index in [2.05, 4.69) is 48.6 Å². The van der Waals surface area contributed by atoms with Gasteiger partial charge in [0.2, 0.25) is 0 Å². The number of imidazole rings is 1. The van der Waals surface area contributed by atoms with Gasteiger partial charge < -0.3 is 9.88 Å². The normalized spacial score (nSPS) is 24.2. The molecule has 20 heavy (non-hydrogen) atoms. The molecule has 4 heteroatoms. The molecule has 0 radical (unpaired) electrons. The molecule has 108 valence electrons. The van der Waals surface area contributed by atoms with Gasteiger partial charge in [0.1, 0.15) is 11.3 Å². The molecule has 1 saturated heterocycles. The quantitative estimate of drug-likeness (QED) is 0.868. The maximum Gasteiger partial charge on any atom is 0.117 e. The summed E-state index contributed by atoms with van der Waals surface area (Å²) >= 11 is 0. The Morgan fingerprint density at radius 2 is 2.15 bits per heavy atom. The third kappa shape index (κ3) is 2.12. The predicted octanol–water partition coefficient (Wildman–Crippen LogP) is 2.83. The molecule has 1 N–H and O–H groups in total. The van der Waals surface area contributed by atoms with Gasteiger partial charge in [-0.15, -0.1) is 0 Å². The second-order valence-electron chi connectivity index (χ2n) is 7.15. The Labute approximate surface area is 120 Å². The van der Waals surface area contributed by atoms with Crippen molar-refractivity contribution in [2.75, 3.05) is 13.1 Å². The minimum Gasteiger partial charge on any atom is -0.322 e. The first-order valence-electron chi connectivity index (χ1n) is 7.46. The van der Waals surface area contributed by atoms with Crippen LogP contribution in [0.3, 0.4) is 0 Å². The van der Waals surface area contributed by atoms with Crippen molar-refractivity contribution in [1.29, 1.82) is 0 Å². The molecule has 1 fully saturated rings. The first-order chi connectivity index (χ1) is 9.42. The van der Waals surface area contributed by atoms with E-state index in [1.807, 2.05) is 12.4 Å². The van der Waals surface area contributed by atoms with Crippen LogP contribution in [0.4, 0.5) is 0 Å². The van der Waals surface area contributed by atoms with E-state index in [9.17, 15) is 0 Å². The Bertz CT molecular complexity index is 615. The number of nitrogens with one attached hydrogen (secondary N) is 1. The lowest BCUT2D eigenvalue weighted by Gasteiger charge is -2.37. The Balaban J connectivity index is 2.24. The fraction of sp³-hybridized carbons (Fsp3) is 0.625. The van der Waals surface area contributed by atoms with Crippen molar-refractivity contribution in [3.8, 4) is 0 Å². The highest BCUT2D eigenvalue weighted by Gasteiger charge is 2.36. The Hall–Kier alpha value is -1.42. The van der Waals surface area contributed by atoms with E-state index in [0.717, 1.165) is 18.6 Å². The SMILES string of the molecule is CC1(c2nc3cnccc3n2C(C)(C)C)CCCNC1. The number of fused-ring (bicyclic) bond motifs is 1. The van der Waals surface area contributed by atoms with Gasteiger partial charge >= 0.3 is 0 Å². The third-order valence-electron chi connectivity index (χ3n) is 4.26. The van der Waals surface area contributed by atoms with Crippen molar-refractivity contribution in [2.45, 2.75) is 51.5 Å². The second kappa shape index (κ2) is 4.55. The van der Waals surface area contributed by atoms with Crippen molar-refractivity contribution in [2.24, 2.45) is 0 Å². The molecule has 2 aromatic heterocycles. The van der Waals surface area contributed by atoms with Crippen molar-refractivity contribution >= 4 is 11.0 Å². The Kier molecular flexibility index (Phi) is 3.09. The molecule has 0 amide bonds. The lowest BCUT2D eigenvalue weighted by atomic mass is 9.81. The highest BCUT2D eigenvalue weighted by molar-refractivity contribution is 5.75. The summed E-state index contributed by atoms with van der Waals surface area (Å²) in [6.45, 7) is 11.2. The van der Waals surface area contributed by atoms with Crippen LogP contribution in [0.2, 0.25) is 0 Å². The third-order valence-corrected chi connectivity index (χ3v) is 4.26. The van der Waals surface area contributed by atoms with E-state index in [1.54, 1.807) is 0 Å². The smallest absolute Gasteiger partial charge is 0.117 e. The molecule has 0 spiro atoms. The molecular formula is C16H24N4. The highest BCUT2D eigenvalue weighted by Crippen LogP contribution is 2.35. The molecule has 0 aromatic carbocycles. The zero-order valence-electron chi connectivity index (χ0n) is 12.9. The summed E-state index contributed by atoms with van der Waals surface area (Å²) in [4.78, 5) is 9.16. The van der Waals surface area contributed by atoms with Gasteiger partial charge in [-0.05, 0) is 46.2 Å². The van der Waals surface area contributed by atoms with Crippen LogP contribution < -0.4 is 5.32 Å². The lowest BCUT2D eigenvalue weighted by molar-refractivity contribution is 0.287. The van der Waals surface area contributed by atoms with Crippen LogP contribution in [-0.4, -0.2) is 27.6 Å². The summed E-state index contributed by atoms with van der Waals surface area (Å²) in [5.74, 6) is 1.19. The summed E-state index contributed by atoms with van der Waals surface area (Å²) in [5, 5.41) is 3.53. The Morgan fingerprint density at radius 1 is 1.35 bits per heavy atom. The molecule has 0 saturated carbocycles. The number of aromatic nitrogens is 3. The minimum atomic E-state index is 0.0197. The maximum atomic E-state index is 4.94. The van der Waals surface area contributed by atoms with Crippen LogP contribution in [-0.2, 0) is 11.0 Å². The summed E-state index contributed by atoms with van der Waals surface area (Å²) in [6, 6.07) is 2.08. The predicted molar refractivity (Wildman–Crippen MR) is 82.0 cm³/mol. The molecule has 2 aromatic rings. The largest absolute Gasteiger partial charge is 0.322 e. The average molecular weight is 272 g/mol. The van der Waals surface area contributed by atoms with E-state index in [4.69, 9.17) is 4.98 Å². The topological polar surface area (TPSA) is 42.7 Å². The van der Waals surface area contributed by atoms with Crippen LogP contribution in [0.25, 0.3) is 11.0 Å². The fourth-order valence-corrected chi connectivity index (χ4v) is 3.26. The number of hydrogen-bond donors (Lipinski definition) is 1. The van der Waals surface area contributed by atoms with E-state index in [1.165, 1.54) is 24.2 Å². The van der Waals surface area contributed by atoms with Gasteiger partial charge in [0.05, 0.1) is 11.7 Å². The molecule has 3 heterocycles. The summed E-state index contributed by atoms with van der Waals surface area (Å²) in [7, 11) is 0. The fourth-order valence-electron chi connectivity index (χ4n) is 3.26. The number of piperidine rings is 1. The van der Waals surface area contributed by atoms with E-state index >= 15 is 0 Å². The average Bonchev–Trinajstić information content (AvgIpc) is 2.79. The van der Waals surface area contributed by atoms with Crippen molar-refractivity contribution < 1.29 is 0 Å². The molecule has 4 nitrogen and oxygen atoms in total. The molecule has 1 aliphatic rings. The number of hydrogen-bond acceptors (Lipinski definition) is 3. The Morgan fingerprint density at radius 3 is 2.80 bits per heavy atom.